The summed E-state index contributed by atoms with van der Waals surface area (Å²) in [5.41, 5.74) is 0.964. The standard InChI is InChI=1S/C16H24BrNO/c1-12-3-2-4-13(9-12)7-8-18-11-14-10-15(17)5-6-16(14)19/h5-6,10,12-13,18-19H,2-4,7-9,11H2,1H3. The third kappa shape index (κ3) is 4.81. The zero-order valence-electron chi connectivity index (χ0n) is 11.7. The van der Waals surface area contributed by atoms with Crippen LogP contribution in [0.25, 0.3) is 0 Å². The monoisotopic (exact) mass is 325 g/mol. The number of phenolic OH excluding ortho intramolecular Hbond substituents is 1. The molecule has 3 heteroatoms. The Morgan fingerprint density at radius 1 is 1.37 bits per heavy atom. The van der Waals surface area contributed by atoms with Crippen LogP contribution in [0.2, 0.25) is 0 Å². The van der Waals surface area contributed by atoms with Crippen molar-refractivity contribution in [1.82, 2.24) is 5.32 Å². The third-order valence-electron chi connectivity index (χ3n) is 4.13. The first-order valence-corrected chi connectivity index (χ1v) is 8.12. The lowest BCUT2D eigenvalue weighted by Crippen LogP contribution is -2.21. The number of hydrogen-bond donors (Lipinski definition) is 2. The van der Waals surface area contributed by atoms with Crippen molar-refractivity contribution in [2.75, 3.05) is 6.54 Å². The van der Waals surface area contributed by atoms with Crippen LogP contribution in [0, 0.1) is 11.8 Å². The summed E-state index contributed by atoms with van der Waals surface area (Å²) in [6.45, 7) is 4.16. The normalized spacial score (nSPS) is 23.5. The molecule has 1 fully saturated rings. The van der Waals surface area contributed by atoms with Gasteiger partial charge in [0.25, 0.3) is 0 Å². The molecule has 106 valence electrons. The summed E-state index contributed by atoms with van der Waals surface area (Å²) in [7, 11) is 0. The molecule has 0 bridgehead atoms. The van der Waals surface area contributed by atoms with Crippen LogP contribution >= 0.6 is 15.9 Å². The van der Waals surface area contributed by atoms with E-state index < -0.39 is 0 Å². The SMILES string of the molecule is CC1CCCC(CCNCc2cc(Br)ccc2O)C1. The molecule has 0 aromatic heterocycles. The van der Waals surface area contributed by atoms with E-state index in [0.29, 0.717) is 5.75 Å². The van der Waals surface area contributed by atoms with E-state index >= 15 is 0 Å². The summed E-state index contributed by atoms with van der Waals surface area (Å²) in [5.74, 6) is 2.18. The molecule has 0 spiro atoms. The molecule has 1 aliphatic carbocycles. The van der Waals surface area contributed by atoms with Gasteiger partial charge in [0.15, 0.2) is 0 Å². The van der Waals surface area contributed by atoms with Crippen molar-refractivity contribution in [2.45, 2.75) is 45.6 Å². The second-order valence-electron chi connectivity index (χ2n) is 5.88. The van der Waals surface area contributed by atoms with E-state index in [1.165, 1.54) is 32.1 Å². The number of phenols is 1. The average molecular weight is 326 g/mol. The summed E-state index contributed by atoms with van der Waals surface area (Å²) >= 11 is 3.44. The summed E-state index contributed by atoms with van der Waals surface area (Å²) in [5, 5.41) is 13.2. The maximum absolute atomic E-state index is 9.76. The quantitative estimate of drug-likeness (QED) is 0.783. The van der Waals surface area contributed by atoms with Crippen LogP contribution in [-0.2, 0) is 6.54 Å². The van der Waals surface area contributed by atoms with E-state index in [1.807, 2.05) is 12.1 Å². The zero-order valence-corrected chi connectivity index (χ0v) is 13.2. The van der Waals surface area contributed by atoms with Crippen LogP contribution in [0.3, 0.4) is 0 Å². The Kier molecular flexibility index (Phi) is 5.71. The van der Waals surface area contributed by atoms with Gasteiger partial charge >= 0.3 is 0 Å². The Bertz CT molecular complexity index is 408. The van der Waals surface area contributed by atoms with Crippen LogP contribution in [-0.4, -0.2) is 11.7 Å². The lowest BCUT2D eigenvalue weighted by molar-refractivity contribution is 0.267. The minimum absolute atomic E-state index is 0.377. The molecule has 1 aromatic carbocycles. The van der Waals surface area contributed by atoms with Crippen LogP contribution in [0.1, 0.15) is 44.6 Å². The van der Waals surface area contributed by atoms with Crippen molar-refractivity contribution < 1.29 is 5.11 Å². The zero-order chi connectivity index (χ0) is 13.7. The maximum atomic E-state index is 9.76. The lowest BCUT2D eigenvalue weighted by atomic mass is 9.81. The van der Waals surface area contributed by atoms with Gasteiger partial charge in [-0.1, -0.05) is 42.1 Å². The van der Waals surface area contributed by atoms with E-state index in [1.54, 1.807) is 6.07 Å². The molecule has 1 saturated carbocycles. The smallest absolute Gasteiger partial charge is 0.120 e. The Morgan fingerprint density at radius 3 is 3.00 bits per heavy atom. The van der Waals surface area contributed by atoms with E-state index in [-0.39, 0.29) is 0 Å². The van der Waals surface area contributed by atoms with Gasteiger partial charge in [-0.05, 0) is 49.4 Å². The highest BCUT2D eigenvalue weighted by Gasteiger charge is 2.18. The fourth-order valence-electron chi connectivity index (χ4n) is 3.05. The largest absolute Gasteiger partial charge is 0.508 e. The molecular formula is C16H24BrNO. The van der Waals surface area contributed by atoms with Gasteiger partial charge in [0.2, 0.25) is 0 Å². The van der Waals surface area contributed by atoms with Crippen LogP contribution < -0.4 is 5.32 Å². The second kappa shape index (κ2) is 7.30. The van der Waals surface area contributed by atoms with E-state index in [0.717, 1.165) is 35.0 Å². The molecular weight excluding hydrogens is 302 g/mol. The van der Waals surface area contributed by atoms with Gasteiger partial charge in [-0.15, -0.1) is 0 Å². The Labute approximate surface area is 124 Å². The van der Waals surface area contributed by atoms with Crippen LogP contribution in [0.15, 0.2) is 22.7 Å². The lowest BCUT2D eigenvalue weighted by Gasteiger charge is -2.26. The van der Waals surface area contributed by atoms with Crippen molar-refractivity contribution in [3.63, 3.8) is 0 Å². The number of aromatic hydroxyl groups is 1. The van der Waals surface area contributed by atoms with Crippen molar-refractivity contribution >= 4 is 15.9 Å². The van der Waals surface area contributed by atoms with E-state index in [9.17, 15) is 5.11 Å². The highest BCUT2D eigenvalue weighted by molar-refractivity contribution is 9.10. The Balaban J connectivity index is 1.70. The van der Waals surface area contributed by atoms with Gasteiger partial charge < -0.3 is 10.4 Å². The number of benzene rings is 1. The third-order valence-corrected chi connectivity index (χ3v) is 4.62. The molecule has 2 N–H and O–H groups in total. The summed E-state index contributed by atoms with van der Waals surface area (Å²) < 4.78 is 1.02. The van der Waals surface area contributed by atoms with Gasteiger partial charge in [0.1, 0.15) is 5.75 Å². The molecule has 2 rings (SSSR count). The molecule has 0 amide bonds. The topological polar surface area (TPSA) is 32.3 Å². The molecule has 2 unspecified atom stereocenters. The molecule has 1 aliphatic rings. The summed E-state index contributed by atoms with van der Waals surface area (Å²) in [6.07, 6.45) is 6.87. The van der Waals surface area contributed by atoms with Gasteiger partial charge in [-0.2, -0.15) is 0 Å². The molecule has 0 aliphatic heterocycles. The first-order chi connectivity index (χ1) is 9.15. The second-order valence-corrected chi connectivity index (χ2v) is 6.79. The number of halogens is 1. The predicted molar refractivity (Wildman–Crippen MR) is 83.3 cm³/mol. The van der Waals surface area contributed by atoms with Crippen LogP contribution in [0.5, 0.6) is 5.75 Å². The number of nitrogens with one attached hydrogen (secondary N) is 1. The fourth-order valence-corrected chi connectivity index (χ4v) is 3.46. The molecule has 2 nitrogen and oxygen atoms in total. The van der Waals surface area contributed by atoms with Crippen LogP contribution in [0.4, 0.5) is 0 Å². The van der Waals surface area contributed by atoms with Gasteiger partial charge in [0, 0.05) is 16.6 Å². The first-order valence-electron chi connectivity index (χ1n) is 7.33. The average Bonchev–Trinajstić information content (AvgIpc) is 2.39. The van der Waals surface area contributed by atoms with Gasteiger partial charge in [0.05, 0.1) is 0 Å². The van der Waals surface area contributed by atoms with Crippen molar-refractivity contribution in [3.8, 4) is 5.75 Å². The molecule has 0 radical (unpaired) electrons. The number of rotatable bonds is 5. The molecule has 0 saturated heterocycles. The first kappa shape index (κ1) is 14.9. The molecule has 0 heterocycles. The maximum Gasteiger partial charge on any atom is 0.120 e. The van der Waals surface area contributed by atoms with Crippen molar-refractivity contribution in [3.05, 3.63) is 28.2 Å². The van der Waals surface area contributed by atoms with Crippen molar-refractivity contribution in [1.29, 1.82) is 0 Å². The fraction of sp³-hybridized carbons (Fsp3) is 0.625. The predicted octanol–water partition coefficient (Wildman–Crippen LogP) is 4.46. The van der Waals surface area contributed by atoms with Gasteiger partial charge in [-0.3, -0.25) is 0 Å². The van der Waals surface area contributed by atoms with Crippen molar-refractivity contribution in [2.24, 2.45) is 11.8 Å². The molecule has 19 heavy (non-hydrogen) atoms. The van der Waals surface area contributed by atoms with Gasteiger partial charge in [-0.25, -0.2) is 0 Å². The van der Waals surface area contributed by atoms with E-state index in [2.05, 4.69) is 28.2 Å². The minimum Gasteiger partial charge on any atom is -0.508 e. The highest BCUT2D eigenvalue weighted by Crippen LogP contribution is 2.30. The summed E-state index contributed by atoms with van der Waals surface area (Å²) in [6, 6.07) is 5.58. The Hall–Kier alpha value is -0.540. The molecule has 2 atom stereocenters. The van der Waals surface area contributed by atoms with E-state index in [4.69, 9.17) is 0 Å². The summed E-state index contributed by atoms with van der Waals surface area (Å²) in [4.78, 5) is 0. The minimum atomic E-state index is 0.377. The Morgan fingerprint density at radius 2 is 2.21 bits per heavy atom. The highest BCUT2D eigenvalue weighted by atomic mass is 79.9. The molecule has 1 aromatic rings. The number of hydrogen-bond acceptors (Lipinski definition) is 2.